The first-order valence-corrected chi connectivity index (χ1v) is 6.53. The Kier molecular flexibility index (Phi) is 3.24. The summed E-state index contributed by atoms with van der Waals surface area (Å²) in [7, 11) is 0. The number of amides is 1. The largest absolute Gasteiger partial charge is 0.324 e. The number of carbonyl (C=O) groups excluding carboxylic acids is 1. The van der Waals surface area contributed by atoms with Gasteiger partial charge < -0.3 is 5.32 Å². The molecule has 1 aliphatic heterocycles. The Morgan fingerprint density at radius 2 is 2.05 bits per heavy atom. The minimum atomic E-state index is -0.426. The van der Waals surface area contributed by atoms with Gasteiger partial charge in [0.2, 0.25) is 5.91 Å². The summed E-state index contributed by atoms with van der Waals surface area (Å²) in [6, 6.07) is 12.0. The van der Waals surface area contributed by atoms with Gasteiger partial charge in [-0.2, -0.15) is 0 Å². The zero-order chi connectivity index (χ0) is 14.1. The fraction of sp³-hybridized carbons (Fsp3) is 0.188. The third-order valence-electron chi connectivity index (χ3n) is 3.49. The van der Waals surface area contributed by atoms with Crippen molar-refractivity contribution in [2.24, 2.45) is 0 Å². The summed E-state index contributed by atoms with van der Waals surface area (Å²) in [6.45, 7) is 2.30. The monoisotopic (exact) mass is 270 g/mol. The molecule has 1 heterocycles. The zero-order valence-corrected chi connectivity index (χ0v) is 11.1. The molecular weight excluding hydrogens is 255 g/mol. The van der Waals surface area contributed by atoms with Crippen molar-refractivity contribution in [1.82, 2.24) is 5.32 Å². The van der Waals surface area contributed by atoms with E-state index in [0.717, 1.165) is 16.8 Å². The molecule has 1 aliphatic rings. The van der Waals surface area contributed by atoms with Crippen molar-refractivity contribution in [3.05, 3.63) is 65.0 Å². The standard InChI is InChI=1S/C16H15FN2O/c1-10-6-7-14-12(8-10)15(16(20)19-14)18-9-11-4-2-3-5-13(11)17/h2-8,15,18H,9H2,1H3,(H,19,20). The van der Waals surface area contributed by atoms with Gasteiger partial charge in [0.15, 0.2) is 0 Å². The van der Waals surface area contributed by atoms with Gasteiger partial charge in [-0.25, -0.2) is 4.39 Å². The molecule has 0 spiro atoms. The molecule has 0 saturated heterocycles. The first-order valence-electron chi connectivity index (χ1n) is 6.53. The highest BCUT2D eigenvalue weighted by atomic mass is 19.1. The zero-order valence-electron chi connectivity index (χ0n) is 11.1. The molecular formula is C16H15FN2O. The summed E-state index contributed by atoms with van der Waals surface area (Å²) in [6.07, 6.45) is 0. The van der Waals surface area contributed by atoms with E-state index < -0.39 is 6.04 Å². The second-order valence-corrected chi connectivity index (χ2v) is 4.99. The summed E-state index contributed by atoms with van der Waals surface area (Å²) >= 11 is 0. The van der Waals surface area contributed by atoms with Crippen molar-refractivity contribution in [1.29, 1.82) is 0 Å². The van der Waals surface area contributed by atoms with E-state index in [2.05, 4.69) is 10.6 Å². The molecule has 0 radical (unpaired) electrons. The van der Waals surface area contributed by atoms with Gasteiger partial charge >= 0.3 is 0 Å². The van der Waals surface area contributed by atoms with E-state index in [9.17, 15) is 9.18 Å². The molecule has 1 atom stereocenters. The average molecular weight is 270 g/mol. The smallest absolute Gasteiger partial charge is 0.246 e. The Morgan fingerprint density at radius 1 is 1.25 bits per heavy atom. The number of fused-ring (bicyclic) bond motifs is 1. The van der Waals surface area contributed by atoms with E-state index in [4.69, 9.17) is 0 Å². The van der Waals surface area contributed by atoms with Crippen LogP contribution in [0.2, 0.25) is 0 Å². The SMILES string of the molecule is Cc1ccc2c(c1)C(NCc1ccccc1F)C(=O)N2. The quantitative estimate of drug-likeness (QED) is 0.900. The summed E-state index contributed by atoms with van der Waals surface area (Å²) < 4.78 is 13.6. The van der Waals surface area contributed by atoms with E-state index in [-0.39, 0.29) is 11.7 Å². The normalized spacial score (nSPS) is 16.9. The van der Waals surface area contributed by atoms with E-state index in [1.54, 1.807) is 18.2 Å². The number of anilines is 1. The lowest BCUT2D eigenvalue weighted by atomic mass is 10.0. The van der Waals surface area contributed by atoms with Crippen LogP contribution >= 0.6 is 0 Å². The molecule has 0 aromatic heterocycles. The lowest BCUT2D eigenvalue weighted by Crippen LogP contribution is -2.27. The molecule has 3 nitrogen and oxygen atoms in total. The first kappa shape index (κ1) is 12.8. The highest BCUT2D eigenvalue weighted by Gasteiger charge is 2.30. The molecule has 0 bridgehead atoms. The van der Waals surface area contributed by atoms with E-state index >= 15 is 0 Å². The minimum Gasteiger partial charge on any atom is -0.324 e. The highest BCUT2D eigenvalue weighted by Crippen LogP contribution is 2.31. The van der Waals surface area contributed by atoms with E-state index in [1.807, 2.05) is 25.1 Å². The van der Waals surface area contributed by atoms with Crippen LogP contribution in [0.5, 0.6) is 0 Å². The first-order chi connectivity index (χ1) is 9.65. The topological polar surface area (TPSA) is 41.1 Å². The van der Waals surface area contributed by atoms with Crippen LogP contribution < -0.4 is 10.6 Å². The number of halogens is 1. The fourth-order valence-electron chi connectivity index (χ4n) is 2.44. The number of nitrogens with one attached hydrogen (secondary N) is 2. The third kappa shape index (κ3) is 2.30. The summed E-state index contributed by atoms with van der Waals surface area (Å²) in [5.41, 5.74) is 3.40. The van der Waals surface area contributed by atoms with Gasteiger partial charge in [0.25, 0.3) is 0 Å². The molecule has 1 unspecified atom stereocenters. The van der Waals surface area contributed by atoms with Crippen molar-refractivity contribution >= 4 is 11.6 Å². The number of rotatable bonds is 3. The second kappa shape index (κ2) is 5.06. The molecule has 4 heteroatoms. The lowest BCUT2D eigenvalue weighted by Gasteiger charge is -2.12. The number of carbonyl (C=O) groups is 1. The number of benzene rings is 2. The maximum atomic E-state index is 13.6. The van der Waals surface area contributed by atoms with E-state index in [1.165, 1.54) is 6.07 Å². The molecule has 1 amide bonds. The second-order valence-electron chi connectivity index (χ2n) is 4.99. The van der Waals surface area contributed by atoms with Crippen LogP contribution in [0.1, 0.15) is 22.7 Å². The van der Waals surface area contributed by atoms with Crippen LogP contribution in [0.25, 0.3) is 0 Å². The number of hydrogen-bond donors (Lipinski definition) is 2. The maximum absolute atomic E-state index is 13.6. The Morgan fingerprint density at radius 3 is 2.85 bits per heavy atom. The van der Waals surface area contributed by atoms with Crippen LogP contribution in [0.4, 0.5) is 10.1 Å². The highest BCUT2D eigenvalue weighted by molar-refractivity contribution is 6.02. The molecule has 0 aliphatic carbocycles. The van der Waals surface area contributed by atoms with Crippen LogP contribution in [-0.4, -0.2) is 5.91 Å². The van der Waals surface area contributed by atoms with Gasteiger partial charge in [-0.15, -0.1) is 0 Å². The minimum absolute atomic E-state index is 0.0954. The molecule has 20 heavy (non-hydrogen) atoms. The summed E-state index contributed by atoms with van der Waals surface area (Å²) in [5, 5.41) is 5.95. The summed E-state index contributed by atoms with van der Waals surface area (Å²) in [4.78, 5) is 12.0. The van der Waals surface area contributed by atoms with Gasteiger partial charge in [0.05, 0.1) is 0 Å². The maximum Gasteiger partial charge on any atom is 0.246 e. The molecule has 0 fully saturated rings. The van der Waals surface area contributed by atoms with Crippen LogP contribution in [0.15, 0.2) is 42.5 Å². The van der Waals surface area contributed by atoms with Gasteiger partial charge in [-0.3, -0.25) is 10.1 Å². The Balaban J connectivity index is 1.80. The predicted molar refractivity (Wildman–Crippen MR) is 75.8 cm³/mol. The molecule has 2 N–H and O–H groups in total. The Labute approximate surface area is 116 Å². The number of aryl methyl sites for hydroxylation is 1. The van der Waals surface area contributed by atoms with Gasteiger partial charge in [0, 0.05) is 23.4 Å². The van der Waals surface area contributed by atoms with Crippen molar-refractivity contribution in [3.63, 3.8) is 0 Å². The van der Waals surface area contributed by atoms with Crippen LogP contribution in [-0.2, 0) is 11.3 Å². The van der Waals surface area contributed by atoms with Crippen LogP contribution in [0, 0.1) is 12.7 Å². The van der Waals surface area contributed by atoms with Gasteiger partial charge in [0.1, 0.15) is 11.9 Å². The molecule has 102 valence electrons. The average Bonchev–Trinajstić information content (AvgIpc) is 2.73. The van der Waals surface area contributed by atoms with Crippen LogP contribution in [0.3, 0.4) is 0 Å². The van der Waals surface area contributed by atoms with Crippen molar-refractivity contribution in [2.75, 3.05) is 5.32 Å². The van der Waals surface area contributed by atoms with Crippen molar-refractivity contribution in [2.45, 2.75) is 19.5 Å². The van der Waals surface area contributed by atoms with Gasteiger partial charge in [-0.1, -0.05) is 35.9 Å². The molecule has 0 saturated carbocycles. The molecule has 3 rings (SSSR count). The Hall–Kier alpha value is -2.20. The number of hydrogen-bond acceptors (Lipinski definition) is 2. The predicted octanol–water partition coefficient (Wildman–Crippen LogP) is 2.92. The van der Waals surface area contributed by atoms with E-state index in [0.29, 0.717) is 12.1 Å². The molecule has 2 aromatic rings. The Bertz CT molecular complexity index is 669. The lowest BCUT2D eigenvalue weighted by molar-refractivity contribution is -0.117. The summed E-state index contributed by atoms with van der Waals surface area (Å²) in [5.74, 6) is -0.357. The van der Waals surface area contributed by atoms with Gasteiger partial charge in [-0.05, 0) is 19.1 Å². The molecule has 2 aromatic carbocycles. The van der Waals surface area contributed by atoms with Crippen molar-refractivity contribution in [3.8, 4) is 0 Å². The third-order valence-corrected chi connectivity index (χ3v) is 3.49. The van der Waals surface area contributed by atoms with Crippen molar-refractivity contribution < 1.29 is 9.18 Å². The fourth-order valence-corrected chi connectivity index (χ4v) is 2.44.